The summed E-state index contributed by atoms with van der Waals surface area (Å²) in [4.78, 5) is 6.72. The van der Waals surface area contributed by atoms with Crippen molar-refractivity contribution in [3.05, 3.63) is 77.7 Å². The number of aromatic nitrogens is 1. The average Bonchev–Trinajstić information content (AvgIpc) is 2.99. The number of rotatable bonds is 3. The number of halogens is 2. The van der Waals surface area contributed by atoms with Gasteiger partial charge >= 0.3 is 0 Å². The van der Waals surface area contributed by atoms with Crippen molar-refractivity contribution >= 4 is 23.3 Å². The van der Waals surface area contributed by atoms with E-state index in [2.05, 4.69) is 34.1 Å². The Hall–Kier alpha value is -2.01. The van der Waals surface area contributed by atoms with Gasteiger partial charge in [0.15, 0.2) is 0 Å². The molecular weight excluding hydrogens is 337 g/mol. The molecule has 0 unspecified atom stereocenters. The molecule has 0 radical (unpaired) electrons. The summed E-state index contributed by atoms with van der Waals surface area (Å²) in [6.45, 7) is 2.49. The molecule has 1 fully saturated rings. The molecule has 3 nitrogen and oxygen atoms in total. The van der Waals surface area contributed by atoms with Crippen molar-refractivity contribution in [2.45, 2.75) is 18.5 Å². The van der Waals surface area contributed by atoms with E-state index in [1.807, 2.05) is 12.1 Å². The normalized spacial score (nSPS) is 20.6. The first-order valence-electron chi connectivity index (χ1n) is 8.27. The van der Waals surface area contributed by atoms with E-state index in [1.165, 1.54) is 11.6 Å². The van der Waals surface area contributed by atoms with Crippen molar-refractivity contribution in [2.24, 2.45) is 5.73 Å². The van der Waals surface area contributed by atoms with Crippen LogP contribution in [0.3, 0.4) is 0 Å². The third-order valence-corrected chi connectivity index (χ3v) is 4.86. The number of pyridine rings is 1. The Balaban J connectivity index is 0.00000182. The van der Waals surface area contributed by atoms with Crippen LogP contribution in [0.1, 0.15) is 17.0 Å². The van der Waals surface area contributed by atoms with Gasteiger partial charge in [-0.3, -0.25) is 9.88 Å². The summed E-state index contributed by atoms with van der Waals surface area (Å²) in [6.07, 6.45) is 1.72. The molecule has 2 aromatic carbocycles. The molecule has 2 N–H and O–H groups in total. The smallest absolute Gasteiger partial charge is 0.132 e. The highest BCUT2D eigenvalue weighted by Crippen LogP contribution is 2.29. The molecule has 4 rings (SSSR count). The van der Waals surface area contributed by atoms with E-state index in [-0.39, 0.29) is 24.3 Å². The van der Waals surface area contributed by atoms with Crippen LogP contribution in [-0.4, -0.2) is 29.0 Å². The summed E-state index contributed by atoms with van der Waals surface area (Å²) >= 11 is 0. The highest BCUT2D eigenvalue weighted by molar-refractivity contribution is 5.85. The highest BCUT2D eigenvalue weighted by Gasteiger charge is 2.31. The first-order valence-corrected chi connectivity index (χ1v) is 8.27. The zero-order valence-electron chi connectivity index (χ0n) is 13.8. The minimum absolute atomic E-state index is 0. The van der Waals surface area contributed by atoms with Crippen LogP contribution < -0.4 is 5.73 Å². The molecule has 1 aliphatic heterocycles. The number of fused-ring (bicyclic) bond motifs is 1. The predicted octanol–water partition coefficient (Wildman–Crippen LogP) is 3.72. The molecule has 25 heavy (non-hydrogen) atoms. The van der Waals surface area contributed by atoms with Gasteiger partial charge in [0.05, 0.1) is 5.52 Å². The molecule has 2 atom stereocenters. The zero-order chi connectivity index (χ0) is 16.5. The van der Waals surface area contributed by atoms with Crippen molar-refractivity contribution in [1.29, 1.82) is 0 Å². The topological polar surface area (TPSA) is 42.1 Å². The second-order valence-corrected chi connectivity index (χ2v) is 6.48. The molecule has 1 aliphatic rings. The molecule has 0 spiro atoms. The maximum absolute atomic E-state index is 14.0. The monoisotopic (exact) mass is 357 g/mol. The molecule has 1 aromatic heterocycles. The lowest BCUT2D eigenvalue weighted by Crippen LogP contribution is -2.28. The maximum Gasteiger partial charge on any atom is 0.132 e. The quantitative estimate of drug-likeness (QED) is 0.776. The number of likely N-dealkylation sites (tertiary alicyclic amines) is 1. The summed E-state index contributed by atoms with van der Waals surface area (Å²) in [6, 6.07) is 17.5. The van der Waals surface area contributed by atoms with E-state index in [9.17, 15) is 4.39 Å². The number of nitrogens with two attached hydrogens (primary N) is 1. The molecule has 0 aliphatic carbocycles. The highest BCUT2D eigenvalue weighted by atomic mass is 35.5. The van der Waals surface area contributed by atoms with E-state index >= 15 is 0 Å². The fourth-order valence-corrected chi connectivity index (χ4v) is 3.66. The Labute approximate surface area is 153 Å². The van der Waals surface area contributed by atoms with Gasteiger partial charge in [0.25, 0.3) is 0 Å². The Morgan fingerprint density at radius 3 is 2.64 bits per heavy atom. The van der Waals surface area contributed by atoms with E-state index in [0.29, 0.717) is 11.3 Å². The van der Waals surface area contributed by atoms with E-state index in [4.69, 9.17) is 5.73 Å². The van der Waals surface area contributed by atoms with Crippen LogP contribution >= 0.6 is 12.4 Å². The fraction of sp³-hybridized carbons (Fsp3) is 0.250. The predicted molar refractivity (Wildman–Crippen MR) is 101 cm³/mol. The van der Waals surface area contributed by atoms with Crippen LogP contribution in [0.25, 0.3) is 10.9 Å². The largest absolute Gasteiger partial charge is 0.326 e. The van der Waals surface area contributed by atoms with Gasteiger partial charge in [0, 0.05) is 43.2 Å². The number of hydrogen-bond donors (Lipinski definition) is 1. The molecule has 130 valence electrons. The lowest BCUT2D eigenvalue weighted by molar-refractivity contribution is 0.324. The molecule has 5 heteroatoms. The van der Waals surface area contributed by atoms with Gasteiger partial charge < -0.3 is 5.73 Å². The van der Waals surface area contributed by atoms with Crippen LogP contribution in [0.2, 0.25) is 0 Å². The third kappa shape index (κ3) is 3.52. The molecule has 3 aromatic rings. The van der Waals surface area contributed by atoms with Crippen molar-refractivity contribution in [2.75, 3.05) is 13.1 Å². The molecular formula is C20H21ClFN3. The van der Waals surface area contributed by atoms with Crippen LogP contribution in [0, 0.1) is 5.82 Å². The van der Waals surface area contributed by atoms with Gasteiger partial charge in [-0.05, 0) is 29.3 Å². The average molecular weight is 358 g/mol. The number of nitrogens with zero attached hydrogens (tertiary/aromatic N) is 2. The van der Waals surface area contributed by atoms with E-state index in [0.717, 1.165) is 30.7 Å². The second kappa shape index (κ2) is 7.48. The van der Waals surface area contributed by atoms with E-state index < -0.39 is 0 Å². The van der Waals surface area contributed by atoms with Gasteiger partial charge in [-0.2, -0.15) is 0 Å². The molecule has 0 amide bonds. The molecule has 0 bridgehead atoms. The number of hydrogen-bond acceptors (Lipinski definition) is 3. The zero-order valence-corrected chi connectivity index (χ0v) is 14.6. The van der Waals surface area contributed by atoms with Gasteiger partial charge in [-0.25, -0.2) is 4.39 Å². The number of benzene rings is 2. The minimum Gasteiger partial charge on any atom is -0.326 e. The first kappa shape index (κ1) is 17.8. The Kier molecular flexibility index (Phi) is 5.33. The van der Waals surface area contributed by atoms with Gasteiger partial charge in [0.2, 0.25) is 0 Å². The molecule has 0 saturated carbocycles. The summed E-state index contributed by atoms with van der Waals surface area (Å²) < 4.78 is 14.0. The van der Waals surface area contributed by atoms with Crippen molar-refractivity contribution in [3.8, 4) is 0 Å². The lowest BCUT2D eigenvalue weighted by atomic mass is 9.95. The van der Waals surface area contributed by atoms with Crippen LogP contribution in [0.4, 0.5) is 4.39 Å². The minimum atomic E-state index is -0.220. The standard InChI is InChI=1S/C20H20FN3.ClH/c21-18-9-8-15(20-16(18)7-4-10-23-20)11-24-12-17(19(22)13-24)14-5-2-1-3-6-14;/h1-10,17,19H,11-13,22H2;1H/t17-,19+;/m0./s1. The Bertz CT molecular complexity index is 856. The van der Waals surface area contributed by atoms with Gasteiger partial charge in [0.1, 0.15) is 5.82 Å². The Morgan fingerprint density at radius 1 is 1.04 bits per heavy atom. The van der Waals surface area contributed by atoms with E-state index in [1.54, 1.807) is 18.3 Å². The maximum atomic E-state index is 14.0. The van der Waals surface area contributed by atoms with Crippen molar-refractivity contribution < 1.29 is 4.39 Å². The molecule has 2 heterocycles. The van der Waals surface area contributed by atoms with Gasteiger partial charge in [-0.1, -0.05) is 36.4 Å². The summed E-state index contributed by atoms with van der Waals surface area (Å²) in [5.41, 5.74) is 9.45. The van der Waals surface area contributed by atoms with Crippen LogP contribution in [0.5, 0.6) is 0 Å². The lowest BCUT2D eigenvalue weighted by Gasteiger charge is -2.17. The molecule has 1 saturated heterocycles. The van der Waals surface area contributed by atoms with Crippen LogP contribution in [-0.2, 0) is 6.54 Å². The SMILES string of the molecule is Cl.N[C@@H]1CN(Cc2ccc(F)c3cccnc23)C[C@H]1c1ccccc1. The summed E-state index contributed by atoms with van der Waals surface area (Å²) in [5.74, 6) is 0.119. The summed E-state index contributed by atoms with van der Waals surface area (Å²) in [5, 5.41) is 0.582. The first-order chi connectivity index (χ1) is 11.7. The second-order valence-electron chi connectivity index (χ2n) is 6.48. The van der Waals surface area contributed by atoms with Crippen molar-refractivity contribution in [1.82, 2.24) is 9.88 Å². The third-order valence-electron chi connectivity index (χ3n) is 4.86. The van der Waals surface area contributed by atoms with Crippen molar-refractivity contribution in [3.63, 3.8) is 0 Å². The van der Waals surface area contributed by atoms with Crippen LogP contribution in [0.15, 0.2) is 60.8 Å². The Morgan fingerprint density at radius 2 is 1.84 bits per heavy atom. The summed E-state index contributed by atoms with van der Waals surface area (Å²) in [7, 11) is 0. The fourth-order valence-electron chi connectivity index (χ4n) is 3.66. The van der Waals surface area contributed by atoms with Gasteiger partial charge in [-0.15, -0.1) is 12.4 Å².